The van der Waals surface area contributed by atoms with Gasteiger partial charge in [-0.2, -0.15) is 0 Å². The number of amides is 2. The molecule has 0 aromatic carbocycles. The highest BCUT2D eigenvalue weighted by Gasteiger charge is 2.20. The van der Waals surface area contributed by atoms with Crippen molar-refractivity contribution in [1.82, 2.24) is 15.2 Å². The fraction of sp³-hybridized carbons (Fsp3) is 0.400. The highest BCUT2D eigenvalue weighted by Crippen LogP contribution is 2.09. The SMILES string of the molecule is Nc1c[nH]c(C(=O)N2CCNC(=O)CC2)c1. The standard InChI is InChI=1S/C10H14N4O2/c11-7-5-8(13-6-7)10(16)14-3-1-9(15)12-2-4-14/h5-6,13H,1-4,11H2,(H,12,15). The molecule has 0 atom stereocenters. The quantitative estimate of drug-likeness (QED) is 0.601. The first-order chi connectivity index (χ1) is 7.66. The number of nitrogens with one attached hydrogen (secondary N) is 2. The molecule has 0 spiro atoms. The molecule has 86 valence electrons. The highest BCUT2D eigenvalue weighted by molar-refractivity contribution is 5.94. The van der Waals surface area contributed by atoms with Crippen LogP contribution >= 0.6 is 0 Å². The molecular weight excluding hydrogens is 208 g/mol. The Bertz CT molecular complexity index is 413. The minimum atomic E-state index is -0.117. The van der Waals surface area contributed by atoms with E-state index >= 15 is 0 Å². The molecule has 0 aliphatic carbocycles. The summed E-state index contributed by atoms with van der Waals surface area (Å²) >= 11 is 0. The molecule has 1 saturated heterocycles. The van der Waals surface area contributed by atoms with Crippen LogP contribution in [0.25, 0.3) is 0 Å². The van der Waals surface area contributed by atoms with Gasteiger partial charge in [0.25, 0.3) is 5.91 Å². The smallest absolute Gasteiger partial charge is 0.270 e. The average Bonchev–Trinajstić information content (AvgIpc) is 2.57. The van der Waals surface area contributed by atoms with Crippen LogP contribution in [0.1, 0.15) is 16.9 Å². The van der Waals surface area contributed by atoms with Crippen molar-refractivity contribution in [3.63, 3.8) is 0 Å². The molecule has 0 unspecified atom stereocenters. The summed E-state index contributed by atoms with van der Waals surface area (Å²) in [6.45, 7) is 1.48. The van der Waals surface area contributed by atoms with Crippen LogP contribution in [0.15, 0.2) is 12.3 Å². The zero-order chi connectivity index (χ0) is 11.5. The lowest BCUT2D eigenvalue weighted by Crippen LogP contribution is -2.34. The average molecular weight is 222 g/mol. The van der Waals surface area contributed by atoms with E-state index in [-0.39, 0.29) is 11.8 Å². The van der Waals surface area contributed by atoms with E-state index in [2.05, 4.69) is 10.3 Å². The van der Waals surface area contributed by atoms with Crippen LogP contribution in [0.2, 0.25) is 0 Å². The van der Waals surface area contributed by atoms with Crippen molar-refractivity contribution < 1.29 is 9.59 Å². The molecule has 2 amide bonds. The lowest BCUT2D eigenvalue weighted by atomic mass is 10.3. The molecule has 16 heavy (non-hydrogen) atoms. The number of anilines is 1. The maximum atomic E-state index is 12.0. The van der Waals surface area contributed by atoms with Crippen LogP contribution in [0, 0.1) is 0 Å². The van der Waals surface area contributed by atoms with Crippen molar-refractivity contribution in [1.29, 1.82) is 0 Å². The van der Waals surface area contributed by atoms with Crippen LogP contribution in [0.3, 0.4) is 0 Å². The monoisotopic (exact) mass is 222 g/mol. The van der Waals surface area contributed by atoms with Gasteiger partial charge in [-0.15, -0.1) is 0 Å². The van der Waals surface area contributed by atoms with Gasteiger partial charge in [0.05, 0.1) is 0 Å². The van der Waals surface area contributed by atoms with Gasteiger partial charge in [-0.25, -0.2) is 0 Å². The number of rotatable bonds is 1. The van der Waals surface area contributed by atoms with Crippen molar-refractivity contribution in [2.75, 3.05) is 25.4 Å². The normalized spacial score (nSPS) is 16.8. The highest BCUT2D eigenvalue weighted by atomic mass is 16.2. The molecule has 2 rings (SSSR count). The lowest BCUT2D eigenvalue weighted by molar-refractivity contribution is -0.120. The number of H-pyrrole nitrogens is 1. The second-order valence-electron chi connectivity index (χ2n) is 3.74. The van der Waals surface area contributed by atoms with Gasteiger partial charge in [-0.1, -0.05) is 0 Å². The second kappa shape index (κ2) is 4.26. The summed E-state index contributed by atoms with van der Waals surface area (Å²) in [7, 11) is 0. The van der Waals surface area contributed by atoms with Crippen molar-refractivity contribution in [3.05, 3.63) is 18.0 Å². The molecule has 1 aromatic rings. The fourth-order valence-corrected chi connectivity index (χ4v) is 1.67. The first-order valence-electron chi connectivity index (χ1n) is 5.16. The number of nitrogen functional groups attached to an aromatic ring is 1. The van der Waals surface area contributed by atoms with Crippen LogP contribution < -0.4 is 11.1 Å². The van der Waals surface area contributed by atoms with E-state index in [1.165, 1.54) is 0 Å². The van der Waals surface area contributed by atoms with Crippen LogP contribution in [-0.4, -0.2) is 41.3 Å². The third kappa shape index (κ3) is 2.16. The van der Waals surface area contributed by atoms with Crippen molar-refractivity contribution in [2.45, 2.75) is 6.42 Å². The van der Waals surface area contributed by atoms with Crippen LogP contribution in [0.4, 0.5) is 5.69 Å². The maximum Gasteiger partial charge on any atom is 0.270 e. The minimum Gasteiger partial charge on any atom is -0.397 e. The molecule has 2 heterocycles. The second-order valence-corrected chi connectivity index (χ2v) is 3.74. The first-order valence-corrected chi connectivity index (χ1v) is 5.16. The predicted molar refractivity (Wildman–Crippen MR) is 58.7 cm³/mol. The van der Waals surface area contributed by atoms with Gasteiger partial charge < -0.3 is 20.9 Å². The first kappa shape index (κ1) is 10.5. The lowest BCUT2D eigenvalue weighted by Gasteiger charge is -2.18. The summed E-state index contributed by atoms with van der Waals surface area (Å²) in [4.78, 5) is 27.5. The number of aromatic nitrogens is 1. The van der Waals surface area contributed by atoms with Gasteiger partial charge in [-0.05, 0) is 6.07 Å². The number of carbonyl (C=O) groups is 2. The predicted octanol–water partition coefficient (Wildman–Crippen LogP) is -0.441. The molecule has 0 bridgehead atoms. The number of hydrogen-bond acceptors (Lipinski definition) is 3. The van der Waals surface area contributed by atoms with E-state index in [0.717, 1.165) is 0 Å². The van der Waals surface area contributed by atoms with Gasteiger partial charge in [0.2, 0.25) is 5.91 Å². The Hall–Kier alpha value is -1.98. The van der Waals surface area contributed by atoms with E-state index < -0.39 is 0 Å². The molecule has 1 aromatic heterocycles. The van der Waals surface area contributed by atoms with Crippen LogP contribution in [-0.2, 0) is 4.79 Å². The number of nitrogens with zero attached hydrogens (tertiary/aromatic N) is 1. The molecule has 0 radical (unpaired) electrons. The van der Waals surface area contributed by atoms with Gasteiger partial charge in [0.15, 0.2) is 0 Å². The molecule has 1 aliphatic rings. The summed E-state index contributed by atoms with van der Waals surface area (Å²) in [5.41, 5.74) is 6.53. The molecule has 6 nitrogen and oxygen atoms in total. The van der Waals surface area contributed by atoms with E-state index in [0.29, 0.717) is 37.4 Å². The molecule has 4 N–H and O–H groups in total. The zero-order valence-corrected chi connectivity index (χ0v) is 8.82. The van der Waals surface area contributed by atoms with Crippen molar-refractivity contribution >= 4 is 17.5 Å². The van der Waals surface area contributed by atoms with E-state index in [1.54, 1.807) is 17.2 Å². The number of carbonyl (C=O) groups excluding carboxylic acids is 2. The van der Waals surface area contributed by atoms with E-state index in [1.807, 2.05) is 0 Å². The number of nitrogens with two attached hydrogens (primary N) is 1. The fourth-order valence-electron chi connectivity index (χ4n) is 1.67. The van der Waals surface area contributed by atoms with E-state index in [4.69, 9.17) is 5.73 Å². The van der Waals surface area contributed by atoms with Crippen molar-refractivity contribution in [3.8, 4) is 0 Å². The third-order valence-electron chi connectivity index (χ3n) is 2.54. The van der Waals surface area contributed by atoms with Crippen LogP contribution in [0.5, 0.6) is 0 Å². The number of hydrogen-bond donors (Lipinski definition) is 3. The topological polar surface area (TPSA) is 91.2 Å². The Morgan fingerprint density at radius 1 is 1.44 bits per heavy atom. The molecule has 1 aliphatic heterocycles. The molecule has 0 saturated carbocycles. The summed E-state index contributed by atoms with van der Waals surface area (Å²) in [6, 6.07) is 1.60. The zero-order valence-electron chi connectivity index (χ0n) is 8.82. The number of aromatic amines is 1. The Morgan fingerprint density at radius 3 is 2.94 bits per heavy atom. The summed E-state index contributed by atoms with van der Waals surface area (Å²) < 4.78 is 0. The van der Waals surface area contributed by atoms with Gasteiger partial charge in [0, 0.05) is 37.9 Å². The minimum absolute atomic E-state index is 0.0127. The Labute approximate surface area is 92.8 Å². The van der Waals surface area contributed by atoms with Crippen molar-refractivity contribution in [2.24, 2.45) is 0 Å². The molecule has 6 heteroatoms. The Kier molecular flexibility index (Phi) is 2.80. The van der Waals surface area contributed by atoms with Gasteiger partial charge >= 0.3 is 0 Å². The van der Waals surface area contributed by atoms with Gasteiger partial charge in [0.1, 0.15) is 5.69 Å². The van der Waals surface area contributed by atoms with E-state index in [9.17, 15) is 9.59 Å². The molecular formula is C10H14N4O2. The summed E-state index contributed by atoms with van der Waals surface area (Å²) in [6.07, 6.45) is 1.93. The maximum absolute atomic E-state index is 12.0. The summed E-state index contributed by atoms with van der Waals surface area (Å²) in [5, 5.41) is 2.72. The third-order valence-corrected chi connectivity index (χ3v) is 2.54. The largest absolute Gasteiger partial charge is 0.397 e. The summed E-state index contributed by atoms with van der Waals surface area (Å²) in [5.74, 6) is -0.130. The molecule has 1 fully saturated rings. The Morgan fingerprint density at radius 2 is 2.25 bits per heavy atom. The van der Waals surface area contributed by atoms with Gasteiger partial charge in [-0.3, -0.25) is 9.59 Å². The Balaban J connectivity index is 2.06.